The maximum atomic E-state index is 13.1. The molecular formula is C24H23ClN6O3. The van der Waals surface area contributed by atoms with E-state index in [2.05, 4.69) is 15.0 Å². The predicted octanol–water partition coefficient (Wildman–Crippen LogP) is 3.03. The number of aromatic amines is 1. The van der Waals surface area contributed by atoms with Gasteiger partial charge < -0.3 is 20.7 Å². The van der Waals surface area contributed by atoms with Crippen molar-refractivity contribution < 1.29 is 14.7 Å². The summed E-state index contributed by atoms with van der Waals surface area (Å²) in [5.41, 5.74) is 9.36. The maximum Gasteiger partial charge on any atom is 0.305 e. The number of amides is 1. The highest BCUT2D eigenvalue weighted by Gasteiger charge is 2.34. The number of nitrogens with one attached hydrogen (secondary N) is 1. The standard InChI is InChI=1S/C24H23ClN6O3/c25-16-2-4-20-15(6-16)7-17(29-20)10-30-11-18(8-23(33)34)31(22(32)12-30)9-14-1-3-19-21(5-14)27-13-28-24(19)26/h1-7,13,18,29H,8-12H2,(H,33,34)(H2,26,27,28). The lowest BCUT2D eigenvalue weighted by atomic mass is 10.0. The summed E-state index contributed by atoms with van der Waals surface area (Å²) >= 11 is 6.09. The minimum Gasteiger partial charge on any atom is -0.481 e. The van der Waals surface area contributed by atoms with Crippen LogP contribution < -0.4 is 5.73 Å². The number of carboxylic acid groups (broad SMARTS) is 1. The number of benzene rings is 2. The number of anilines is 1. The van der Waals surface area contributed by atoms with Crippen LogP contribution in [0.1, 0.15) is 17.7 Å². The summed E-state index contributed by atoms with van der Waals surface area (Å²) in [4.78, 5) is 40.0. The molecule has 34 heavy (non-hydrogen) atoms. The summed E-state index contributed by atoms with van der Waals surface area (Å²) in [7, 11) is 0. The van der Waals surface area contributed by atoms with Gasteiger partial charge in [0.1, 0.15) is 12.1 Å². The summed E-state index contributed by atoms with van der Waals surface area (Å²) in [6, 6.07) is 12.7. The number of nitrogen functional groups attached to an aromatic ring is 1. The van der Waals surface area contributed by atoms with Gasteiger partial charge in [0.2, 0.25) is 5.91 Å². The Morgan fingerprint density at radius 3 is 2.85 bits per heavy atom. The van der Waals surface area contributed by atoms with Crippen molar-refractivity contribution in [2.45, 2.75) is 25.6 Å². The van der Waals surface area contributed by atoms with E-state index in [1.54, 1.807) is 4.90 Å². The number of hydrogen-bond donors (Lipinski definition) is 3. The third-order valence-corrected chi connectivity index (χ3v) is 6.35. The third-order valence-electron chi connectivity index (χ3n) is 6.12. The molecule has 1 saturated heterocycles. The molecule has 0 radical (unpaired) electrons. The third kappa shape index (κ3) is 4.52. The number of carbonyl (C=O) groups excluding carboxylic acids is 1. The Kier molecular flexibility index (Phi) is 5.80. The molecule has 0 aliphatic carbocycles. The van der Waals surface area contributed by atoms with E-state index < -0.39 is 12.0 Å². The van der Waals surface area contributed by atoms with Gasteiger partial charge in [0.25, 0.3) is 0 Å². The number of H-pyrrole nitrogens is 1. The lowest BCUT2D eigenvalue weighted by molar-refractivity contribution is -0.146. The van der Waals surface area contributed by atoms with Crippen molar-refractivity contribution in [3.05, 3.63) is 65.1 Å². The van der Waals surface area contributed by atoms with Crippen molar-refractivity contribution in [3.63, 3.8) is 0 Å². The van der Waals surface area contributed by atoms with Gasteiger partial charge in [-0.1, -0.05) is 17.7 Å². The summed E-state index contributed by atoms with van der Waals surface area (Å²) in [6.45, 7) is 1.47. The van der Waals surface area contributed by atoms with Gasteiger partial charge in [-0.15, -0.1) is 0 Å². The van der Waals surface area contributed by atoms with E-state index in [0.29, 0.717) is 36.0 Å². The molecule has 1 fully saturated rings. The number of nitrogens with two attached hydrogens (primary N) is 1. The van der Waals surface area contributed by atoms with Crippen LogP contribution in [-0.2, 0) is 22.7 Å². The summed E-state index contributed by atoms with van der Waals surface area (Å²) in [5.74, 6) is -0.660. The number of nitrogens with zero attached hydrogens (tertiary/aromatic N) is 4. The fraction of sp³-hybridized carbons (Fsp3) is 0.250. The number of fused-ring (bicyclic) bond motifs is 2. The van der Waals surface area contributed by atoms with Crippen molar-refractivity contribution >= 4 is 51.1 Å². The Bertz CT molecular complexity index is 1400. The van der Waals surface area contributed by atoms with Crippen LogP contribution in [0, 0.1) is 0 Å². The first-order chi connectivity index (χ1) is 16.4. The van der Waals surface area contributed by atoms with Crippen LogP contribution in [0.3, 0.4) is 0 Å². The quantitative estimate of drug-likeness (QED) is 0.388. The van der Waals surface area contributed by atoms with Gasteiger partial charge in [-0.2, -0.15) is 0 Å². The minimum atomic E-state index is -0.941. The summed E-state index contributed by atoms with van der Waals surface area (Å²) in [6.07, 6.45) is 1.27. The highest BCUT2D eigenvalue weighted by Crippen LogP contribution is 2.24. The fourth-order valence-electron chi connectivity index (χ4n) is 4.57. The van der Waals surface area contributed by atoms with E-state index in [-0.39, 0.29) is 18.9 Å². The van der Waals surface area contributed by atoms with E-state index in [0.717, 1.165) is 27.5 Å². The zero-order valence-corrected chi connectivity index (χ0v) is 19.0. The number of carboxylic acids is 1. The molecule has 1 aliphatic rings. The number of carbonyl (C=O) groups is 2. The number of piperazine rings is 1. The second kappa shape index (κ2) is 8.92. The minimum absolute atomic E-state index is 0.112. The SMILES string of the molecule is Nc1ncnc2cc(CN3C(=O)CN(Cc4cc5cc(Cl)ccc5[nH]4)CC3CC(=O)O)ccc12. The van der Waals surface area contributed by atoms with Crippen LogP contribution in [-0.4, -0.2) is 60.9 Å². The molecule has 1 aliphatic heterocycles. The van der Waals surface area contributed by atoms with E-state index in [1.165, 1.54) is 6.33 Å². The first kappa shape index (κ1) is 22.1. The molecule has 0 saturated carbocycles. The molecule has 174 valence electrons. The number of rotatable bonds is 6. The van der Waals surface area contributed by atoms with Crippen LogP contribution in [0.2, 0.25) is 5.02 Å². The summed E-state index contributed by atoms with van der Waals surface area (Å²) in [5, 5.41) is 11.9. The van der Waals surface area contributed by atoms with Gasteiger partial charge in [0.05, 0.1) is 24.5 Å². The normalized spacial score (nSPS) is 17.0. The summed E-state index contributed by atoms with van der Waals surface area (Å²) < 4.78 is 0. The molecule has 4 aromatic rings. The van der Waals surface area contributed by atoms with E-state index >= 15 is 0 Å². The van der Waals surface area contributed by atoms with Gasteiger partial charge in [-0.05, 0) is 42.0 Å². The molecule has 1 amide bonds. The largest absolute Gasteiger partial charge is 0.481 e. The van der Waals surface area contributed by atoms with Crippen LogP contribution in [0.15, 0.2) is 48.8 Å². The fourth-order valence-corrected chi connectivity index (χ4v) is 4.75. The zero-order valence-electron chi connectivity index (χ0n) is 18.2. The highest BCUT2D eigenvalue weighted by molar-refractivity contribution is 6.31. The maximum absolute atomic E-state index is 13.1. The molecule has 3 heterocycles. The second-order valence-corrected chi connectivity index (χ2v) is 9.02. The predicted molar refractivity (Wildman–Crippen MR) is 129 cm³/mol. The Morgan fingerprint density at radius 2 is 2.03 bits per heavy atom. The van der Waals surface area contributed by atoms with Crippen molar-refractivity contribution in [1.29, 1.82) is 0 Å². The average Bonchev–Trinajstić information content (AvgIpc) is 3.17. The molecule has 10 heteroatoms. The van der Waals surface area contributed by atoms with Crippen LogP contribution in [0.5, 0.6) is 0 Å². The van der Waals surface area contributed by atoms with Gasteiger partial charge in [0.15, 0.2) is 0 Å². The van der Waals surface area contributed by atoms with Crippen LogP contribution in [0.4, 0.5) is 5.82 Å². The molecule has 0 spiro atoms. The number of aliphatic carboxylic acids is 1. The van der Waals surface area contributed by atoms with Gasteiger partial charge >= 0.3 is 5.97 Å². The topological polar surface area (TPSA) is 128 Å². The molecule has 5 rings (SSSR count). The van der Waals surface area contributed by atoms with E-state index in [9.17, 15) is 14.7 Å². The molecule has 1 unspecified atom stereocenters. The first-order valence-corrected chi connectivity index (χ1v) is 11.2. The molecule has 2 aromatic heterocycles. The van der Waals surface area contributed by atoms with Crippen LogP contribution >= 0.6 is 11.6 Å². The highest BCUT2D eigenvalue weighted by atomic mass is 35.5. The molecular weight excluding hydrogens is 456 g/mol. The van der Waals surface area contributed by atoms with Crippen molar-refractivity contribution in [2.24, 2.45) is 0 Å². The zero-order chi connectivity index (χ0) is 23.8. The number of aromatic nitrogens is 3. The van der Waals surface area contributed by atoms with Crippen molar-refractivity contribution in [2.75, 3.05) is 18.8 Å². The van der Waals surface area contributed by atoms with Crippen LogP contribution in [0.25, 0.3) is 21.8 Å². The second-order valence-electron chi connectivity index (χ2n) is 8.58. The molecule has 0 bridgehead atoms. The molecule has 1 atom stereocenters. The van der Waals surface area contributed by atoms with Crippen molar-refractivity contribution in [3.8, 4) is 0 Å². The Balaban J connectivity index is 1.35. The van der Waals surface area contributed by atoms with Crippen molar-refractivity contribution in [1.82, 2.24) is 24.8 Å². The molecule has 2 aromatic carbocycles. The average molecular weight is 479 g/mol. The first-order valence-electron chi connectivity index (χ1n) is 10.9. The number of hydrogen-bond acceptors (Lipinski definition) is 6. The lowest BCUT2D eigenvalue weighted by Crippen LogP contribution is -2.56. The van der Waals surface area contributed by atoms with E-state index in [1.807, 2.05) is 47.4 Å². The number of halogens is 1. The van der Waals surface area contributed by atoms with Gasteiger partial charge in [-0.25, -0.2) is 9.97 Å². The molecule has 9 nitrogen and oxygen atoms in total. The smallest absolute Gasteiger partial charge is 0.305 e. The van der Waals surface area contributed by atoms with Gasteiger partial charge in [-0.3, -0.25) is 14.5 Å². The lowest BCUT2D eigenvalue weighted by Gasteiger charge is -2.40. The van der Waals surface area contributed by atoms with Gasteiger partial charge in [0, 0.05) is 46.6 Å². The van der Waals surface area contributed by atoms with E-state index in [4.69, 9.17) is 17.3 Å². The monoisotopic (exact) mass is 478 g/mol. The Hall–Kier alpha value is -3.69. The Labute approximate surface area is 200 Å². The Morgan fingerprint density at radius 1 is 1.18 bits per heavy atom. The molecule has 4 N–H and O–H groups in total.